The van der Waals surface area contributed by atoms with E-state index in [9.17, 15) is 36.1 Å². The van der Waals surface area contributed by atoms with Gasteiger partial charge < -0.3 is 87.5 Å². The molecule has 18 rings (SSSR count). The second-order valence-electron chi connectivity index (χ2n) is 38.3. The molecular weight excluding hydrogens is 1780 g/mol. The van der Waals surface area contributed by atoms with Crippen LogP contribution in [0.15, 0.2) is 72.8 Å². The molecule has 6 aromatic carbocycles. The number of rotatable bonds is 21. The predicted octanol–water partition coefficient (Wildman–Crippen LogP) is 19.3. The molecule has 0 saturated carbocycles. The summed E-state index contributed by atoms with van der Waals surface area (Å²) in [5.41, 5.74) is -10.4. The Morgan fingerprint density at radius 2 is 0.433 bits per heavy atom. The van der Waals surface area contributed by atoms with Crippen LogP contribution in [0.2, 0.25) is 0 Å². The normalized spacial score (nSPS) is 42.9. The van der Waals surface area contributed by atoms with Gasteiger partial charge in [0, 0.05) is 180 Å². The molecule has 18 unspecified atom stereocenters. The summed E-state index contributed by atoms with van der Waals surface area (Å²) in [7, 11) is -1.19. The Morgan fingerprint density at radius 3 is 0.596 bits per heavy atom. The highest BCUT2D eigenvalue weighted by atomic mass is 16.5. The van der Waals surface area contributed by atoms with Crippen molar-refractivity contribution in [1.29, 1.82) is 0 Å². The molecule has 786 valence electrons. The molecule has 0 amide bonds. The number of aryl methyl sites for hydroxylation is 6. The minimum Gasteiger partial charge on any atom is -0.493 e. The van der Waals surface area contributed by atoms with Gasteiger partial charge in [-0.25, -0.2) is 0 Å². The highest BCUT2D eigenvalue weighted by Crippen LogP contribution is 2.53. The third-order valence-electron chi connectivity index (χ3n) is 26.1. The highest BCUT2D eigenvalue weighted by molar-refractivity contribution is 5.55. The fourth-order valence-electron chi connectivity index (χ4n) is 19.5. The zero-order valence-corrected chi connectivity index (χ0v) is 82.5. The van der Waals surface area contributed by atoms with Crippen LogP contribution in [-0.2, 0) is 38.2 Å². The SMILES string of the molecule is [2H]C([2H])([2H])Oc1cc2c(cc1OC)C([2H])([2H])C([2H])([2H])N1CC(C([2H])([2H])C(C)(C([2H])([2H])[2H])C([2H])([2H])[2H])C(O)CC21[2H].[2H]C([2H])([2H])Oc1cc2c(cc1OC)C([2H])([2H])C([2H])([2H])N1CC(CC(C)C)C(O)CC21[2H].[2H]C([2H])([2H])Oc1cc2c(cc1OC)C1([2H])CC(O)C(C([2H])([2H])C(C)(C([2H])([2H])[2H])C([2H])([2H])[2H])CN1C([2H])([2H])C2([2H])[2H].[2H]C([2H])([2H])Oc1cc2c(cc1OC)C1([2H])CC(O)C(CC(C)C)CN1C([2H])([2H])C2([2H])[2H].[2H]C12CC(O)C(C([2H])([2H])C(C)(C([2H])([2H])[2H])C([2H])([2H])[2H])CN1C([2H])([2H])C([2H])([2H])c1cc(OC)c(OC)cc12.[2H]C12CC(O)C(CC(C)C)CN1C([2H])([2H])C([2H])([2H])c1cc(OC)c(OC)cc12. The monoisotopic (exact) mass is 2020 g/mol. The van der Waals surface area contributed by atoms with Crippen LogP contribution >= 0.6 is 0 Å². The standard InChI is InChI=1S/3C20H31NO3.3C19H29NO3/c3*1-20(2,3)11-14-12-21-7-6-13-8-18(23-4)19(24-5)9-15(13)16(21)10-17(14)22;3*1-12(2)7-14-11-20-6-5-13-8-18(22-3)19(23-4)9-15(13)16(20)10-17(14)21/h3*8-9,14,16-17,22H,6-7,10-12H2,1-5H3;3*8-9,12,14,16-17,21H,5-7,10-11H2,1-4H3/i1D3,2D3,5D3,6D2,7D2,11D2,16D;1D3,2D3,4D3,6D2,7D2,11D2,16D;1D3,2D3,6D2,7D2,11D2,16D;4D3,5D2,6D2,16D;3D3,5D2,6D2,16D;5D2,6D2,16D. The first-order valence-electron chi connectivity index (χ1n) is 79.6. The average molecular weight is 2030 g/mol. The third-order valence-corrected chi connectivity index (χ3v) is 26.1. The third kappa shape index (κ3) is 26.9. The summed E-state index contributed by atoms with van der Waals surface area (Å²) in [6.07, 6.45) is -34.3. The van der Waals surface area contributed by atoms with Crippen molar-refractivity contribution in [2.75, 3.05) is 163 Å². The van der Waals surface area contributed by atoms with Crippen LogP contribution in [0.4, 0.5) is 0 Å². The van der Waals surface area contributed by atoms with E-state index in [1.165, 1.54) is 88.9 Å². The van der Waals surface area contributed by atoms with Crippen molar-refractivity contribution in [3.05, 3.63) is 140 Å². The van der Waals surface area contributed by atoms with E-state index >= 15 is 0 Å². The number of piperidine rings is 6. The molecule has 12 aliphatic rings. The molecule has 0 aliphatic carbocycles. The van der Waals surface area contributed by atoms with E-state index in [2.05, 4.69) is 0 Å². The van der Waals surface area contributed by atoms with Crippen molar-refractivity contribution >= 4 is 0 Å². The first-order valence-corrected chi connectivity index (χ1v) is 46.6. The van der Waals surface area contributed by atoms with Gasteiger partial charge in [0.15, 0.2) is 69.0 Å². The van der Waals surface area contributed by atoms with Gasteiger partial charge in [0.25, 0.3) is 0 Å². The van der Waals surface area contributed by atoms with Gasteiger partial charge >= 0.3 is 0 Å². The Labute approximate surface area is 939 Å². The van der Waals surface area contributed by atoms with Crippen LogP contribution < -0.4 is 56.8 Å². The van der Waals surface area contributed by atoms with Gasteiger partial charge in [-0.15, -0.1) is 0 Å². The van der Waals surface area contributed by atoms with E-state index in [-0.39, 0.29) is 170 Å². The van der Waals surface area contributed by atoms with Crippen LogP contribution in [0.25, 0.3) is 0 Å². The molecule has 18 atom stereocenters. The number of aliphatic hydroxyl groups is 6. The van der Waals surface area contributed by atoms with Gasteiger partial charge in [0.05, 0.1) is 146 Å². The minimum absolute atomic E-state index is 0.00138. The fraction of sp³-hybridized carbons (Fsp3) is 0.692. The van der Waals surface area contributed by atoms with Crippen LogP contribution in [0.1, 0.15) is 374 Å². The number of aliphatic hydroxyl groups excluding tert-OH is 6. The molecule has 12 aliphatic heterocycles. The van der Waals surface area contributed by atoms with Gasteiger partial charge in [-0.1, -0.05) is 103 Å². The first kappa shape index (κ1) is 52.4. The topological polar surface area (TPSA) is 252 Å². The summed E-state index contributed by atoms with van der Waals surface area (Å²) >= 11 is 0. The molecule has 24 heteroatoms. The maximum absolute atomic E-state index is 11.2. The predicted molar refractivity (Wildman–Crippen MR) is 561 cm³/mol. The molecular formula is C117H180N6O18. The minimum atomic E-state index is -3.41. The lowest BCUT2D eigenvalue weighted by molar-refractivity contribution is -0.0259. The lowest BCUT2D eigenvalue weighted by atomic mass is 9.75. The number of fused-ring (bicyclic) bond motifs is 18. The largest absolute Gasteiger partial charge is 0.493 e. The lowest BCUT2D eigenvalue weighted by Gasteiger charge is -2.47. The summed E-state index contributed by atoms with van der Waals surface area (Å²) in [5, 5.41) is 65.8. The van der Waals surface area contributed by atoms with E-state index in [0.717, 1.165) is 61.3 Å². The number of benzene rings is 6. The number of nitrogens with zero attached hydrogens (tertiary/aromatic N) is 6. The molecule has 24 nitrogen and oxygen atoms in total. The van der Waals surface area contributed by atoms with E-state index < -0.39 is 334 Å². The van der Waals surface area contributed by atoms with E-state index in [0.29, 0.717) is 60.1 Å². The molecule has 6 saturated heterocycles. The molecule has 6 N–H and O–H groups in total. The maximum atomic E-state index is 11.2. The summed E-state index contributed by atoms with van der Waals surface area (Å²) in [4.78, 5) is 5.62. The molecule has 0 bridgehead atoms. The quantitative estimate of drug-likeness (QED) is 0.0392. The number of hydrogen-bond acceptors (Lipinski definition) is 24. The number of ether oxygens (including phenoxy) is 12. The van der Waals surface area contributed by atoms with Gasteiger partial charge in [0.1, 0.15) is 0 Å². The van der Waals surface area contributed by atoms with Gasteiger partial charge in [-0.3, -0.25) is 29.4 Å². The Morgan fingerprint density at radius 1 is 0.277 bits per heavy atom. The smallest absolute Gasteiger partial charge is 0.161 e. The second-order valence-corrected chi connectivity index (χ2v) is 38.3. The van der Waals surface area contributed by atoms with Crippen molar-refractivity contribution in [3.8, 4) is 69.0 Å². The molecule has 141 heavy (non-hydrogen) atoms. The van der Waals surface area contributed by atoms with E-state index in [1.54, 1.807) is 6.07 Å². The summed E-state index contributed by atoms with van der Waals surface area (Å²) in [5.74, 6) is -6.62. The van der Waals surface area contributed by atoms with Gasteiger partial charge in [-0.05, 0) is 324 Å². The van der Waals surface area contributed by atoms with E-state index in [1.807, 2.05) is 41.5 Å². The Balaban J connectivity index is 0.000000199. The highest BCUT2D eigenvalue weighted by Gasteiger charge is 2.47. The van der Waals surface area contributed by atoms with Crippen LogP contribution in [0, 0.1) is 69.5 Å². The van der Waals surface area contributed by atoms with Gasteiger partial charge in [-0.2, -0.15) is 0 Å². The second kappa shape index (κ2) is 48.4. The lowest BCUT2D eigenvalue weighted by Crippen LogP contribution is -2.48. The zero-order chi connectivity index (χ0) is 160. The van der Waals surface area contributed by atoms with Gasteiger partial charge in [0.2, 0.25) is 0 Å². The maximum Gasteiger partial charge on any atom is 0.161 e. The van der Waals surface area contributed by atoms with E-state index in [4.69, 9.17) is 142 Å². The Hall–Kier alpha value is -7.56. The van der Waals surface area contributed by atoms with Crippen molar-refractivity contribution < 1.29 is 178 Å². The van der Waals surface area contributed by atoms with Crippen molar-refractivity contribution in [2.45, 2.75) is 291 Å². The zero-order valence-electron chi connectivity index (χ0n) is 148. The summed E-state index contributed by atoms with van der Waals surface area (Å²) in [6.45, 7) is -25.4. The van der Waals surface area contributed by atoms with Crippen molar-refractivity contribution in [3.63, 3.8) is 0 Å². The van der Waals surface area contributed by atoms with Crippen LogP contribution in [0.5, 0.6) is 69.0 Å². The molecule has 0 spiro atoms. The fourth-order valence-corrected chi connectivity index (χ4v) is 19.5. The van der Waals surface area contributed by atoms with Crippen LogP contribution in [0.3, 0.4) is 0 Å². The Bertz CT molecular complexity index is 8120. The first-order chi connectivity index (χ1) is 92.7. The molecule has 6 aromatic rings. The van der Waals surface area contributed by atoms with Crippen molar-refractivity contribution in [2.24, 2.45) is 69.5 Å². The molecule has 12 heterocycles. The summed E-state index contributed by atoms with van der Waals surface area (Å²) < 4.78 is 607. The molecule has 0 radical (unpaired) electrons. The van der Waals surface area contributed by atoms with Crippen LogP contribution in [-0.4, -0.2) is 260 Å². The average Bonchev–Trinajstić information content (AvgIpc) is 0.683. The number of methoxy groups -OCH3 is 12. The summed E-state index contributed by atoms with van der Waals surface area (Å²) in [6, 6.07) is 2.43. The number of hydrogen-bond donors (Lipinski definition) is 6. The molecule has 0 aromatic heterocycles. The van der Waals surface area contributed by atoms with Crippen molar-refractivity contribution in [1.82, 2.24) is 29.4 Å². The molecule has 6 fully saturated rings. The Kier molecular flexibility index (Phi) is 18.0.